The summed E-state index contributed by atoms with van der Waals surface area (Å²) in [6, 6.07) is 15.5. The maximum atomic E-state index is 11.8. The highest BCUT2D eigenvalue weighted by atomic mass is 31.2. The van der Waals surface area contributed by atoms with Gasteiger partial charge in [-0.15, -0.1) is 6.42 Å². The van der Waals surface area contributed by atoms with Gasteiger partial charge in [0.1, 0.15) is 44.1 Å². The van der Waals surface area contributed by atoms with E-state index in [1.165, 1.54) is 14.2 Å². The van der Waals surface area contributed by atoms with Crippen molar-refractivity contribution in [3.63, 3.8) is 0 Å². The number of aryl methyl sites for hydroxylation is 8. The van der Waals surface area contributed by atoms with Crippen LogP contribution < -0.4 is 0 Å². The summed E-state index contributed by atoms with van der Waals surface area (Å²) in [6.45, 7) is 7.75. The third kappa shape index (κ3) is 19.8. The first-order chi connectivity index (χ1) is 37.8. The molecular formula is C52H64N8O18P2. The van der Waals surface area contributed by atoms with Gasteiger partial charge in [-0.1, -0.05) is 61.9 Å². The summed E-state index contributed by atoms with van der Waals surface area (Å²) < 4.78 is 64.8. The second kappa shape index (κ2) is 31.7. The van der Waals surface area contributed by atoms with Gasteiger partial charge in [0.05, 0.1) is 0 Å². The Labute approximate surface area is 459 Å². The molecule has 4 aromatic heterocycles. The molecule has 0 saturated heterocycles. The lowest BCUT2D eigenvalue weighted by molar-refractivity contribution is -0.143. The predicted molar refractivity (Wildman–Crippen MR) is 288 cm³/mol. The fraction of sp³-hybridized carbons (Fsp3) is 0.423. The van der Waals surface area contributed by atoms with Gasteiger partial charge in [-0.3, -0.25) is 28.3 Å². The molecule has 0 radical (unpaired) electrons. The fourth-order valence-electron chi connectivity index (χ4n) is 7.50. The number of terminal acetylenes is 1. The molecule has 4 aromatic carbocycles. The molecule has 0 aliphatic heterocycles. The fourth-order valence-corrected chi connectivity index (χ4v) is 8.47. The summed E-state index contributed by atoms with van der Waals surface area (Å²) in [4.78, 5) is 61.9. The summed E-state index contributed by atoms with van der Waals surface area (Å²) in [7, 11) is -5.16. The first-order valence-corrected chi connectivity index (χ1v) is 28.0. The zero-order chi connectivity index (χ0) is 57.5. The van der Waals surface area contributed by atoms with E-state index in [-0.39, 0.29) is 45.6 Å². The molecule has 0 spiro atoms. The molecule has 26 nitrogen and oxygen atoms in total. The molecule has 0 aliphatic carbocycles. The second-order valence-corrected chi connectivity index (χ2v) is 21.4. The molecule has 8 aromatic rings. The average Bonchev–Trinajstić information content (AvgIpc) is 4.29. The standard InChI is InChI=1S/C14H19N2O6P.C14H14N2O3.C12H15N2O6P.C11H12N2O3.CH4/c1-10-7-8-11(14-13(10)15-22-16-14)5-4-6-12(17)21-9-23(18,19-2)20-3;1-3-9-18-12(17)6-4-5-11-8-7-10(2)13-14(11)16-19-15-13;1-8-5-6-9(12-11(8)13-20-14-12)3-2-4-10(15)19-7-21(16,17)18;1-7-5-6-8(3-2-4-9(14)15)11-10(7)12-16-13-11;/h7-8H,4-6,9H2,1-3H3;1,7-8H,4-6,9H2,2H3;5-6H,2-4,7H2,1H3,(H2,16,17,18);5-6H,2-4H2,1H3,(H,14,15);1H4. The number of fused-ring (bicyclic) bond motifs is 4. The number of nitrogens with zero attached hydrogens (tertiary/aromatic N) is 8. The molecule has 80 heavy (non-hydrogen) atoms. The number of aliphatic carboxylic acids is 1. The van der Waals surface area contributed by atoms with Crippen LogP contribution in [-0.2, 0) is 77.2 Å². The van der Waals surface area contributed by atoms with Crippen molar-refractivity contribution in [1.82, 2.24) is 41.3 Å². The first-order valence-electron chi connectivity index (χ1n) is 24.5. The van der Waals surface area contributed by atoms with Gasteiger partial charge in [-0.05, 0) is 165 Å². The van der Waals surface area contributed by atoms with Crippen molar-refractivity contribution in [2.75, 3.05) is 33.5 Å². The first kappa shape index (κ1) is 64.7. The van der Waals surface area contributed by atoms with Crippen molar-refractivity contribution in [2.45, 2.75) is 112 Å². The van der Waals surface area contributed by atoms with Crippen molar-refractivity contribution >= 4 is 83.2 Å². The highest BCUT2D eigenvalue weighted by Gasteiger charge is 2.24. The molecule has 430 valence electrons. The Kier molecular flexibility index (Phi) is 25.7. The van der Waals surface area contributed by atoms with Crippen LogP contribution in [-0.4, -0.2) is 114 Å². The van der Waals surface area contributed by atoms with E-state index < -0.39 is 39.4 Å². The van der Waals surface area contributed by atoms with Crippen LogP contribution >= 0.6 is 15.2 Å². The van der Waals surface area contributed by atoms with E-state index in [4.69, 9.17) is 58.4 Å². The Morgan fingerprint density at radius 3 is 1.06 bits per heavy atom. The number of carboxylic acid groups (broad SMARTS) is 1. The number of ether oxygens (including phenoxy) is 3. The summed E-state index contributed by atoms with van der Waals surface area (Å²) in [5, 5.41) is 39.4. The molecule has 0 amide bonds. The number of carbonyl (C=O) groups is 4. The smallest absolute Gasteiger partial charge is 0.367 e. The number of carbonyl (C=O) groups excluding carboxylic acids is 3. The van der Waals surface area contributed by atoms with Gasteiger partial charge < -0.3 is 38.2 Å². The van der Waals surface area contributed by atoms with Gasteiger partial charge in [-0.25, -0.2) is 18.5 Å². The number of esters is 3. The normalized spacial score (nSPS) is 11.1. The molecule has 28 heteroatoms. The van der Waals surface area contributed by atoms with Gasteiger partial charge in [0.15, 0.2) is 19.3 Å². The van der Waals surface area contributed by atoms with E-state index in [1.807, 2.05) is 76.2 Å². The topological polar surface area (TPSA) is 365 Å². The molecule has 0 saturated carbocycles. The lowest BCUT2D eigenvalue weighted by Crippen LogP contribution is -2.08. The van der Waals surface area contributed by atoms with Crippen LogP contribution in [0, 0.1) is 40.0 Å². The zero-order valence-electron chi connectivity index (χ0n) is 44.2. The van der Waals surface area contributed by atoms with E-state index in [2.05, 4.69) is 51.9 Å². The number of rotatable bonds is 23. The lowest BCUT2D eigenvalue weighted by atomic mass is 10.0. The molecule has 0 atom stereocenters. The van der Waals surface area contributed by atoms with E-state index in [0.717, 1.165) is 78.5 Å². The molecule has 0 aliphatic rings. The molecule has 4 heterocycles. The van der Waals surface area contributed by atoms with E-state index >= 15 is 0 Å². The third-order valence-corrected chi connectivity index (χ3v) is 13.8. The van der Waals surface area contributed by atoms with Crippen LogP contribution in [0.4, 0.5) is 0 Å². The van der Waals surface area contributed by atoms with Gasteiger partial charge in [-0.2, -0.15) is 0 Å². The zero-order valence-corrected chi connectivity index (χ0v) is 46.0. The van der Waals surface area contributed by atoms with Crippen molar-refractivity contribution in [2.24, 2.45) is 0 Å². The summed E-state index contributed by atoms with van der Waals surface area (Å²) >= 11 is 0. The molecule has 0 fully saturated rings. The largest absolute Gasteiger partial charge is 0.481 e. The Hall–Kier alpha value is -7.78. The Morgan fingerprint density at radius 2 is 0.775 bits per heavy atom. The number of hydrogen-bond donors (Lipinski definition) is 3. The number of benzene rings is 4. The van der Waals surface area contributed by atoms with Gasteiger partial charge in [0, 0.05) is 39.9 Å². The molecule has 3 N–H and O–H groups in total. The van der Waals surface area contributed by atoms with E-state index in [9.17, 15) is 28.3 Å². The molecule has 0 unspecified atom stereocenters. The van der Waals surface area contributed by atoms with Crippen LogP contribution in [0.15, 0.2) is 67.0 Å². The summed E-state index contributed by atoms with van der Waals surface area (Å²) in [5.74, 6) is 0.109. The quantitative estimate of drug-likeness (QED) is 0.0233. The Bertz CT molecular complexity index is 3460. The Balaban J connectivity index is 0.000000230. The highest BCUT2D eigenvalue weighted by molar-refractivity contribution is 7.53. The van der Waals surface area contributed by atoms with Gasteiger partial charge in [0.2, 0.25) is 0 Å². The van der Waals surface area contributed by atoms with Gasteiger partial charge >= 0.3 is 39.1 Å². The minimum Gasteiger partial charge on any atom is -0.481 e. The average molecular weight is 1150 g/mol. The number of carboxylic acids is 1. The molecule has 8 rings (SSSR count). The van der Waals surface area contributed by atoms with Crippen LogP contribution in [0.25, 0.3) is 44.1 Å². The van der Waals surface area contributed by atoms with Crippen molar-refractivity contribution in [3.8, 4) is 12.3 Å². The minimum absolute atomic E-state index is 0. The maximum Gasteiger partial charge on any atom is 0.367 e. The maximum absolute atomic E-state index is 11.8. The SMILES string of the molecule is C.C#CCOC(=O)CCCc1ccc(C)c2nonc12.COP(=O)(COC(=O)CCCc1ccc(C)c2nonc12)OC.Cc1ccc(CCCC(=O)O)c2nonc12.Cc1ccc(CCCC(=O)OCP(=O)(O)O)c2nonc12. The van der Waals surface area contributed by atoms with Crippen molar-refractivity contribution < 1.29 is 85.0 Å². The van der Waals surface area contributed by atoms with E-state index in [1.54, 1.807) is 0 Å². The van der Waals surface area contributed by atoms with Crippen LogP contribution in [0.1, 0.15) is 103 Å². The third-order valence-electron chi connectivity index (χ3n) is 11.8. The Morgan fingerprint density at radius 1 is 0.487 bits per heavy atom. The summed E-state index contributed by atoms with van der Waals surface area (Å²) in [6.07, 6.45) is 9.41. The highest BCUT2D eigenvalue weighted by Crippen LogP contribution is 2.46. The van der Waals surface area contributed by atoms with E-state index in [0.29, 0.717) is 67.9 Å². The predicted octanol–water partition coefficient (Wildman–Crippen LogP) is 8.98. The molecular weight excluding hydrogens is 1090 g/mol. The van der Waals surface area contributed by atoms with Crippen LogP contribution in [0.5, 0.6) is 0 Å². The van der Waals surface area contributed by atoms with Crippen LogP contribution in [0.2, 0.25) is 0 Å². The van der Waals surface area contributed by atoms with Crippen molar-refractivity contribution in [1.29, 1.82) is 0 Å². The lowest BCUT2D eigenvalue weighted by Gasteiger charge is -2.13. The summed E-state index contributed by atoms with van der Waals surface area (Å²) in [5.41, 5.74) is 13.7. The monoisotopic (exact) mass is 1150 g/mol. The number of hydrogen-bond acceptors (Lipinski definition) is 23. The minimum atomic E-state index is -4.31. The van der Waals surface area contributed by atoms with Crippen LogP contribution in [0.3, 0.4) is 0 Å². The second-order valence-electron chi connectivity index (χ2n) is 17.6. The number of aromatic nitrogens is 8. The van der Waals surface area contributed by atoms with Gasteiger partial charge in [0.25, 0.3) is 0 Å². The van der Waals surface area contributed by atoms with Crippen molar-refractivity contribution in [3.05, 3.63) is 93.0 Å². The molecule has 0 bridgehead atoms.